The molecular weight excluding hydrogens is 440 g/mol. The van der Waals surface area contributed by atoms with Crippen molar-refractivity contribution in [2.24, 2.45) is 4.99 Å². The van der Waals surface area contributed by atoms with Crippen LogP contribution < -0.4 is 0 Å². The van der Waals surface area contributed by atoms with Gasteiger partial charge in [0.05, 0.1) is 10.7 Å². The summed E-state index contributed by atoms with van der Waals surface area (Å²) >= 11 is 6.47. The van der Waals surface area contributed by atoms with E-state index in [4.69, 9.17) is 16.6 Å². The Labute approximate surface area is 188 Å². The summed E-state index contributed by atoms with van der Waals surface area (Å²) in [5.41, 5.74) is 3.20. The molecule has 8 heteroatoms. The number of nitrogens with zero attached hydrogens (tertiary/aromatic N) is 3. The van der Waals surface area contributed by atoms with Crippen molar-refractivity contribution in [2.45, 2.75) is 20.8 Å². The summed E-state index contributed by atoms with van der Waals surface area (Å²) < 4.78 is 39.5. The molecule has 0 aliphatic carbocycles. The number of aliphatic imine (C=N–C) groups is 1. The van der Waals surface area contributed by atoms with Crippen LogP contribution in [0.5, 0.6) is 0 Å². The molecule has 2 aromatic rings. The summed E-state index contributed by atoms with van der Waals surface area (Å²) in [5.74, 6) is 0.0307. The van der Waals surface area contributed by atoms with Gasteiger partial charge in [-0.3, -0.25) is 9.19 Å². The molecule has 0 atom stereocenters. The maximum atomic E-state index is 14.1. The Hall–Kier alpha value is -2.38. The van der Waals surface area contributed by atoms with E-state index in [0.29, 0.717) is 57.9 Å². The number of halogens is 3. The molecule has 1 saturated heterocycles. The van der Waals surface area contributed by atoms with Crippen LogP contribution in [-0.2, 0) is 10.8 Å². The van der Waals surface area contributed by atoms with Crippen LogP contribution in [0.4, 0.5) is 8.78 Å². The highest BCUT2D eigenvalue weighted by Crippen LogP contribution is 2.30. The van der Waals surface area contributed by atoms with E-state index in [1.165, 1.54) is 18.3 Å². The summed E-state index contributed by atoms with van der Waals surface area (Å²) in [6.45, 7) is 6.92. The molecule has 1 aromatic carbocycles. The zero-order valence-electron chi connectivity index (χ0n) is 17.7. The second kappa shape index (κ2) is 10.3. The largest absolute Gasteiger partial charge is 0.355 e. The number of allylic oxidation sites excluding steroid dienone is 3. The summed E-state index contributed by atoms with van der Waals surface area (Å²) in [5, 5.41) is 0.401. The smallest absolute Gasteiger partial charge is 0.159 e. The minimum atomic E-state index is -0.929. The number of aromatic nitrogens is 1. The van der Waals surface area contributed by atoms with E-state index in [1.807, 2.05) is 26.8 Å². The maximum absolute atomic E-state index is 14.1. The fraction of sp³-hybridized carbons (Fsp3) is 0.304. The standard InChI is InChI=1S/C23H24ClF2N3OS/c1-4-21(29-9-11-31(30)12-10-29)28-23(17-7-8-27-14-18(17)24)22(15(2)3)16-5-6-19(25)20(26)13-16/h4-8,13-14H,9-12H2,1-3H3/b21-4+,28-23-. The summed E-state index contributed by atoms with van der Waals surface area (Å²) in [4.78, 5) is 11.1. The molecule has 1 aliphatic heterocycles. The third kappa shape index (κ3) is 5.46. The first-order valence-corrected chi connectivity index (χ1v) is 11.8. The normalized spacial score (nSPS) is 15.9. The van der Waals surface area contributed by atoms with Crippen molar-refractivity contribution < 1.29 is 13.0 Å². The van der Waals surface area contributed by atoms with Crippen LogP contribution in [0.2, 0.25) is 5.02 Å². The van der Waals surface area contributed by atoms with Gasteiger partial charge in [0.15, 0.2) is 11.6 Å². The number of hydrogen-bond donors (Lipinski definition) is 0. The molecule has 0 N–H and O–H groups in total. The van der Waals surface area contributed by atoms with Crippen LogP contribution in [0.1, 0.15) is 31.9 Å². The Morgan fingerprint density at radius 1 is 1.19 bits per heavy atom. The molecule has 1 fully saturated rings. The zero-order valence-corrected chi connectivity index (χ0v) is 19.2. The van der Waals surface area contributed by atoms with Crippen molar-refractivity contribution in [2.75, 3.05) is 24.6 Å². The van der Waals surface area contributed by atoms with Crippen molar-refractivity contribution in [3.8, 4) is 0 Å². The van der Waals surface area contributed by atoms with Gasteiger partial charge < -0.3 is 4.90 Å². The van der Waals surface area contributed by atoms with Gasteiger partial charge in [0.2, 0.25) is 0 Å². The van der Waals surface area contributed by atoms with Gasteiger partial charge >= 0.3 is 0 Å². The summed E-state index contributed by atoms with van der Waals surface area (Å²) in [7, 11) is -0.816. The van der Waals surface area contributed by atoms with E-state index in [0.717, 1.165) is 11.6 Å². The molecule has 0 radical (unpaired) electrons. The van der Waals surface area contributed by atoms with Crippen molar-refractivity contribution >= 4 is 33.7 Å². The lowest BCUT2D eigenvalue weighted by molar-refractivity contribution is 0.372. The molecular formula is C23H24ClF2N3OS. The molecule has 1 aliphatic rings. The van der Waals surface area contributed by atoms with Crippen molar-refractivity contribution in [1.82, 2.24) is 9.88 Å². The Kier molecular flexibility index (Phi) is 7.73. The SMILES string of the molecule is C/C=C(\N=C(/C(=C(C)C)c1ccc(F)c(F)c1)c1ccncc1Cl)N1CCS(=O)CC1. The van der Waals surface area contributed by atoms with E-state index in [1.54, 1.807) is 12.3 Å². The molecule has 0 saturated carbocycles. The summed E-state index contributed by atoms with van der Waals surface area (Å²) in [6, 6.07) is 5.56. The molecule has 164 valence electrons. The Balaban J connectivity index is 2.19. The lowest BCUT2D eigenvalue weighted by Gasteiger charge is -2.29. The average Bonchev–Trinajstić information content (AvgIpc) is 2.74. The van der Waals surface area contributed by atoms with Gasteiger partial charge in [-0.05, 0) is 50.6 Å². The maximum Gasteiger partial charge on any atom is 0.159 e. The van der Waals surface area contributed by atoms with Crippen molar-refractivity contribution in [3.63, 3.8) is 0 Å². The monoisotopic (exact) mass is 463 g/mol. The minimum absolute atomic E-state index is 0.401. The molecule has 0 bridgehead atoms. The number of pyridine rings is 1. The molecule has 0 spiro atoms. The molecule has 0 unspecified atom stereocenters. The average molecular weight is 464 g/mol. The Morgan fingerprint density at radius 2 is 1.90 bits per heavy atom. The van der Waals surface area contributed by atoms with Gasteiger partial charge in [-0.2, -0.15) is 0 Å². The van der Waals surface area contributed by atoms with Crippen LogP contribution in [0.25, 0.3) is 5.57 Å². The fourth-order valence-electron chi connectivity index (χ4n) is 3.43. The van der Waals surface area contributed by atoms with Gasteiger partial charge in [-0.1, -0.05) is 23.2 Å². The highest BCUT2D eigenvalue weighted by Gasteiger charge is 2.22. The predicted octanol–water partition coefficient (Wildman–Crippen LogP) is 5.22. The van der Waals surface area contributed by atoms with Crippen LogP contribution in [-0.4, -0.2) is 44.4 Å². The fourth-order valence-corrected chi connectivity index (χ4v) is 4.69. The van der Waals surface area contributed by atoms with Crippen LogP contribution in [0.15, 0.2) is 59.1 Å². The van der Waals surface area contributed by atoms with E-state index >= 15 is 0 Å². The lowest BCUT2D eigenvalue weighted by Crippen LogP contribution is -2.36. The third-order valence-corrected chi connectivity index (χ3v) is 6.54. The van der Waals surface area contributed by atoms with Gasteiger partial charge in [0.1, 0.15) is 5.82 Å². The van der Waals surface area contributed by atoms with Crippen LogP contribution in [0, 0.1) is 11.6 Å². The molecule has 31 heavy (non-hydrogen) atoms. The Bertz CT molecular complexity index is 1080. The quantitative estimate of drug-likeness (QED) is 0.571. The van der Waals surface area contributed by atoms with E-state index in [2.05, 4.69) is 9.88 Å². The van der Waals surface area contributed by atoms with Crippen LogP contribution in [0.3, 0.4) is 0 Å². The van der Waals surface area contributed by atoms with E-state index in [9.17, 15) is 13.0 Å². The number of benzene rings is 1. The molecule has 3 rings (SSSR count). The minimum Gasteiger partial charge on any atom is -0.355 e. The summed E-state index contributed by atoms with van der Waals surface area (Å²) in [6.07, 6.45) is 5.03. The van der Waals surface area contributed by atoms with Gasteiger partial charge in [-0.15, -0.1) is 0 Å². The van der Waals surface area contributed by atoms with Gasteiger partial charge in [-0.25, -0.2) is 13.8 Å². The van der Waals surface area contributed by atoms with Gasteiger partial charge in [0.25, 0.3) is 0 Å². The molecule has 4 nitrogen and oxygen atoms in total. The van der Waals surface area contributed by atoms with Crippen LogP contribution >= 0.6 is 11.6 Å². The second-order valence-electron chi connectivity index (χ2n) is 7.30. The highest BCUT2D eigenvalue weighted by atomic mass is 35.5. The first kappa shape index (κ1) is 23.3. The van der Waals surface area contributed by atoms with Crippen molar-refractivity contribution in [1.29, 1.82) is 0 Å². The zero-order chi connectivity index (χ0) is 22.5. The van der Waals surface area contributed by atoms with Gasteiger partial charge in [0, 0.05) is 58.9 Å². The van der Waals surface area contributed by atoms with E-state index in [-0.39, 0.29) is 0 Å². The van der Waals surface area contributed by atoms with E-state index < -0.39 is 22.4 Å². The molecule has 2 heterocycles. The lowest BCUT2D eigenvalue weighted by atomic mass is 9.92. The molecule has 0 amide bonds. The first-order chi connectivity index (χ1) is 14.8. The number of hydrogen-bond acceptors (Lipinski definition) is 4. The predicted molar refractivity (Wildman–Crippen MR) is 124 cm³/mol. The Morgan fingerprint density at radius 3 is 2.48 bits per heavy atom. The number of rotatable bonds is 5. The first-order valence-electron chi connectivity index (χ1n) is 9.90. The topological polar surface area (TPSA) is 45.6 Å². The highest BCUT2D eigenvalue weighted by molar-refractivity contribution is 7.85. The third-order valence-electron chi connectivity index (χ3n) is 4.96. The second-order valence-corrected chi connectivity index (χ2v) is 9.41. The van der Waals surface area contributed by atoms with Crippen molar-refractivity contribution in [3.05, 3.63) is 81.9 Å². The molecule has 1 aromatic heterocycles.